The first-order valence-electron chi connectivity index (χ1n) is 15.3. The number of rotatable bonds is 4. The predicted molar refractivity (Wildman–Crippen MR) is 193 cm³/mol. The molecule has 4 aromatic carbocycles. The van der Waals surface area contributed by atoms with Crippen molar-refractivity contribution in [3.8, 4) is 0 Å². The molecule has 1 aliphatic heterocycles. The van der Waals surface area contributed by atoms with E-state index in [0.29, 0.717) is 13.1 Å². The van der Waals surface area contributed by atoms with Gasteiger partial charge in [-0.2, -0.15) is 0 Å². The Hall–Kier alpha value is -2.79. The molecule has 7 rings (SSSR count). The smallest absolute Gasteiger partial charge is 0.870 e. The zero-order chi connectivity index (χ0) is 30.8. The van der Waals surface area contributed by atoms with E-state index in [1.54, 1.807) is 11.9 Å². The minimum atomic E-state index is -0.450. The number of carbonyl (C=O) groups is 1. The van der Waals surface area contributed by atoms with E-state index in [9.17, 15) is 9.90 Å². The second-order valence-electron chi connectivity index (χ2n) is 12.0. The molecular formula is C39H47Cl2LiN2O4. The van der Waals surface area contributed by atoms with Crippen molar-refractivity contribution in [2.75, 3.05) is 27.2 Å². The summed E-state index contributed by atoms with van der Waals surface area (Å²) in [5.74, 6) is 0.0679. The Kier molecular flexibility index (Phi) is 15.8. The molecule has 0 radical (unpaired) electrons. The van der Waals surface area contributed by atoms with Gasteiger partial charge in [-0.1, -0.05) is 98.7 Å². The van der Waals surface area contributed by atoms with Crippen LogP contribution in [0.1, 0.15) is 71.2 Å². The summed E-state index contributed by atoms with van der Waals surface area (Å²) in [5, 5.41) is 15.3. The molecule has 0 bridgehead atoms. The Balaban J connectivity index is 0.000000309. The van der Waals surface area contributed by atoms with Crippen LogP contribution in [0.4, 0.5) is 4.79 Å². The Bertz CT molecular complexity index is 1670. The van der Waals surface area contributed by atoms with Gasteiger partial charge in [0, 0.05) is 35.5 Å². The topological polar surface area (TPSA) is 91.8 Å². The van der Waals surface area contributed by atoms with Crippen molar-refractivity contribution < 1.29 is 39.0 Å². The fourth-order valence-electron chi connectivity index (χ4n) is 7.11. The third-order valence-corrected chi connectivity index (χ3v) is 9.65. The van der Waals surface area contributed by atoms with Crippen LogP contribution in [0.15, 0.2) is 84.9 Å². The van der Waals surface area contributed by atoms with Crippen molar-refractivity contribution in [1.29, 1.82) is 0 Å². The Morgan fingerprint density at radius 3 is 1.81 bits per heavy atom. The number of cyclic esters (lactones) is 1. The molecule has 4 atom stereocenters. The van der Waals surface area contributed by atoms with Crippen molar-refractivity contribution in [2.24, 2.45) is 0 Å². The number of halogens is 2. The van der Waals surface area contributed by atoms with Crippen molar-refractivity contribution in [1.82, 2.24) is 10.2 Å². The number of amides is 1. The van der Waals surface area contributed by atoms with Crippen LogP contribution in [0.2, 0.25) is 10.0 Å². The van der Waals surface area contributed by atoms with E-state index < -0.39 is 6.10 Å². The molecule has 3 N–H and O–H groups in total. The third kappa shape index (κ3) is 8.67. The SMILES string of the molecule is C.C.CN1CC(C2c3ccccc3CCc3cc(Cl)ccc32)OC1=O.CNCC(O)C1c2ccccc2CCc2cc(Cl)ccc21.[Li+].[OH-]. The summed E-state index contributed by atoms with van der Waals surface area (Å²) in [7, 11) is 3.66. The second-order valence-corrected chi connectivity index (χ2v) is 12.8. The average Bonchev–Trinajstić information content (AvgIpc) is 3.17. The number of aliphatic hydroxyl groups excluding tert-OH is 1. The molecule has 1 fully saturated rings. The van der Waals surface area contributed by atoms with E-state index in [4.69, 9.17) is 27.9 Å². The van der Waals surface area contributed by atoms with Crippen LogP contribution in [-0.2, 0) is 30.4 Å². The van der Waals surface area contributed by atoms with Crippen LogP contribution in [-0.4, -0.2) is 61.0 Å². The summed E-state index contributed by atoms with van der Waals surface area (Å²) < 4.78 is 5.67. The van der Waals surface area contributed by atoms with Crippen LogP contribution in [0.5, 0.6) is 0 Å². The number of carbonyl (C=O) groups excluding carboxylic acids is 1. The van der Waals surface area contributed by atoms with Crippen molar-refractivity contribution in [2.45, 2.75) is 64.6 Å². The van der Waals surface area contributed by atoms with Gasteiger partial charge in [0.05, 0.1) is 12.6 Å². The van der Waals surface area contributed by atoms with Gasteiger partial charge in [0.1, 0.15) is 6.10 Å². The summed E-state index contributed by atoms with van der Waals surface area (Å²) in [6, 6.07) is 29.0. The molecule has 48 heavy (non-hydrogen) atoms. The predicted octanol–water partition coefficient (Wildman–Crippen LogP) is 5.27. The van der Waals surface area contributed by atoms with Crippen LogP contribution in [0.3, 0.4) is 0 Å². The molecule has 4 unspecified atom stereocenters. The van der Waals surface area contributed by atoms with Gasteiger partial charge in [-0.3, -0.25) is 0 Å². The first-order valence-corrected chi connectivity index (χ1v) is 16.1. The van der Waals surface area contributed by atoms with Gasteiger partial charge in [0.2, 0.25) is 0 Å². The first kappa shape index (κ1) is 41.4. The number of likely N-dealkylation sites (N-methyl/N-ethyl adjacent to an activating group) is 2. The monoisotopic (exact) mass is 684 g/mol. The Morgan fingerprint density at radius 2 is 1.25 bits per heavy atom. The maximum atomic E-state index is 11.9. The fraction of sp³-hybridized carbons (Fsp3) is 0.359. The van der Waals surface area contributed by atoms with Crippen LogP contribution in [0, 0.1) is 0 Å². The van der Waals surface area contributed by atoms with Gasteiger partial charge in [0.15, 0.2) is 0 Å². The van der Waals surface area contributed by atoms with Gasteiger partial charge < -0.3 is 25.5 Å². The molecule has 0 saturated carbocycles. The number of ether oxygens (including phenoxy) is 1. The maximum Gasteiger partial charge on any atom is 1.00 e. The Morgan fingerprint density at radius 1 is 0.792 bits per heavy atom. The zero-order valence-electron chi connectivity index (χ0n) is 26.5. The normalized spacial score (nSPS) is 19.1. The van der Waals surface area contributed by atoms with Gasteiger partial charge in [-0.15, -0.1) is 0 Å². The standard InChI is InChI=1S/C19H18ClNO2.C18H20ClNO.2CH4.Li.H2O/c1-21-11-17(23-19(21)22)18-15-5-3-2-4-12(15)6-7-13-10-14(20)8-9-16(13)18;1-20-11-17(21)18-15-5-3-2-4-12(15)6-7-13-10-14(19)8-9-16(13)18;;;;/h2-5,8-10,17-18H,6-7,11H2,1H3;2-5,8-10,17-18,20-21H,6-7,11H2,1H3;2*1H4;;1H2/q;;;;+1;/p-1. The number of fused-ring (bicyclic) bond motifs is 4. The molecule has 252 valence electrons. The van der Waals surface area contributed by atoms with E-state index in [1.807, 2.05) is 25.2 Å². The number of aliphatic hydroxyl groups is 1. The fourth-order valence-corrected chi connectivity index (χ4v) is 7.50. The number of hydrogen-bond acceptors (Lipinski definition) is 5. The molecular weight excluding hydrogens is 638 g/mol. The minimum Gasteiger partial charge on any atom is -0.870 e. The molecule has 2 aliphatic carbocycles. The summed E-state index contributed by atoms with van der Waals surface area (Å²) >= 11 is 12.4. The van der Waals surface area contributed by atoms with Gasteiger partial charge in [-0.05, 0) is 102 Å². The van der Waals surface area contributed by atoms with Crippen LogP contribution in [0.25, 0.3) is 0 Å². The Labute approximate surface area is 308 Å². The van der Waals surface area contributed by atoms with Gasteiger partial charge in [-0.25, -0.2) is 4.79 Å². The molecule has 4 aromatic rings. The zero-order valence-corrected chi connectivity index (χ0v) is 28.1. The number of hydrogen-bond donors (Lipinski definition) is 2. The molecule has 3 aliphatic rings. The number of nitrogens with zero attached hydrogens (tertiary/aromatic N) is 1. The third-order valence-electron chi connectivity index (χ3n) is 9.18. The maximum absolute atomic E-state index is 11.9. The summed E-state index contributed by atoms with van der Waals surface area (Å²) in [6.45, 7) is 1.18. The van der Waals surface area contributed by atoms with Crippen molar-refractivity contribution in [3.63, 3.8) is 0 Å². The van der Waals surface area contributed by atoms with E-state index in [1.165, 1.54) is 44.5 Å². The summed E-state index contributed by atoms with van der Waals surface area (Å²) in [4.78, 5) is 13.5. The molecule has 1 amide bonds. The molecule has 0 aromatic heterocycles. The summed E-state index contributed by atoms with van der Waals surface area (Å²) in [6.07, 6.45) is 3.05. The van der Waals surface area contributed by atoms with Crippen molar-refractivity contribution >= 4 is 29.3 Å². The van der Waals surface area contributed by atoms with E-state index >= 15 is 0 Å². The number of aryl methyl sites for hydroxylation is 4. The largest absolute Gasteiger partial charge is 1.00 e. The molecule has 1 saturated heterocycles. The number of nitrogens with one attached hydrogen (secondary N) is 1. The minimum absolute atomic E-state index is 0. The second kappa shape index (κ2) is 18.3. The van der Waals surface area contributed by atoms with E-state index in [-0.39, 0.29) is 63.2 Å². The van der Waals surface area contributed by atoms with Gasteiger partial charge in [0.25, 0.3) is 0 Å². The van der Waals surface area contributed by atoms with E-state index in [0.717, 1.165) is 35.7 Å². The number of benzene rings is 4. The first-order chi connectivity index (χ1) is 21.3. The molecule has 0 spiro atoms. The van der Waals surface area contributed by atoms with Crippen LogP contribution >= 0.6 is 23.2 Å². The molecule has 1 heterocycles. The van der Waals surface area contributed by atoms with Crippen LogP contribution < -0.4 is 24.2 Å². The summed E-state index contributed by atoms with van der Waals surface area (Å²) in [5.41, 5.74) is 10.1. The van der Waals surface area contributed by atoms with E-state index in [2.05, 4.69) is 72.0 Å². The quantitative estimate of drug-likeness (QED) is 0.286. The van der Waals surface area contributed by atoms with Crippen molar-refractivity contribution in [3.05, 3.63) is 139 Å². The molecule has 9 heteroatoms. The average molecular weight is 686 g/mol. The van der Waals surface area contributed by atoms with Gasteiger partial charge >= 0.3 is 25.0 Å². The molecule has 6 nitrogen and oxygen atoms in total.